The highest BCUT2D eigenvalue weighted by atomic mass is 32.1. The molecule has 0 aliphatic carbocycles. The summed E-state index contributed by atoms with van der Waals surface area (Å²) in [6, 6.07) is 8.14. The third-order valence-electron chi connectivity index (χ3n) is 5.01. The summed E-state index contributed by atoms with van der Waals surface area (Å²) in [6.45, 7) is 4.92. The summed E-state index contributed by atoms with van der Waals surface area (Å²) in [6.07, 6.45) is 4.43. The number of thiazole rings is 1. The van der Waals surface area contributed by atoms with Crippen LogP contribution in [-0.4, -0.2) is 44.4 Å². The van der Waals surface area contributed by atoms with Gasteiger partial charge in [-0.25, -0.2) is 9.78 Å². The maximum absolute atomic E-state index is 11.1. The number of nitrogens with one attached hydrogen (secondary N) is 1. The first-order valence-corrected chi connectivity index (χ1v) is 9.73. The Balaban J connectivity index is 1.55. The van der Waals surface area contributed by atoms with Crippen LogP contribution >= 0.6 is 11.3 Å². The molecule has 0 atom stereocenters. The molecule has 1 aliphatic heterocycles. The molecule has 1 saturated heterocycles. The molecule has 1 amide bonds. The second kappa shape index (κ2) is 7.36. The largest absolute Gasteiger partial charge is 0.465 e. The number of aromatic nitrogens is 3. The second-order valence-corrected chi connectivity index (χ2v) is 7.46. The van der Waals surface area contributed by atoms with Crippen LogP contribution in [0.4, 0.5) is 4.79 Å². The topological polar surface area (TPSA) is 82.1 Å². The van der Waals surface area contributed by atoms with E-state index in [1.54, 1.807) is 11.3 Å². The van der Waals surface area contributed by atoms with Gasteiger partial charge >= 0.3 is 6.09 Å². The molecule has 6 nitrogen and oxygen atoms in total. The Labute approximate surface area is 161 Å². The quantitative estimate of drug-likeness (QED) is 0.687. The Morgan fingerprint density at radius 3 is 2.70 bits per heavy atom. The predicted molar refractivity (Wildman–Crippen MR) is 107 cm³/mol. The van der Waals surface area contributed by atoms with Gasteiger partial charge in [0.15, 0.2) is 0 Å². The number of piperidine rings is 1. The van der Waals surface area contributed by atoms with E-state index < -0.39 is 6.09 Å². The van der Waals surface area contributed by atoms with Gasteiger partial charge in [-0.1, -0.05) is 36.9 Å². The van der Waals surface area contributed by atoms with Gasteiger partial charge in [-0.15, -0.1) is 11.3 Å². The predicted octanol–water partition coefficient (Wildman–Crippen LogP) is 4.70. The van der Waals surface area contributed by atoms with Crippen molar-refractivity contribution in [3.63, 3.8) is 0 Å². The van der Waals surface area contributed by atoms with Crippen LogP contribution in [0.1, 0.15) is 30.0 Å². The number of amides is 1. The van der Waals surface area contributed by atoms with E-state index in [4.69, 9.17) is 10.1 Å². The number of carbonyl (C=O) groups is 1. The van der Waals surface area contributed by atoms with Gasteiger partial charge in [0.25, 0.3) is 0 Å². The van der Waals surface area contributed by atoms with Crippen molar-refractivity contribution in [1.29, 1.82) is 0 Å². The summed E-state index contributed by atoms with van der Waals surface area (Å²) in [7, 11) is 0. The molecule has 138 valence electrons. The van der Waals surface area contributed by atoms with Gasteiger partial charge in [0.2, 0.25) is 0 Å². The van der Waals surface area contributed by atoms with Crippen molar-refractivity contribution in [3.8, 4) is 21.8 Å². The molecule has 0 spiro atoms. The van der Waals surface area contributed by atoms with Gasteiger partial charge in [0, 0.05) is 30.0 Å². The van der Waals surface area contributed by atoms with Crippen LogP contribution in [0.5, 0.6) is 0 Å². The van der Waals surface area contributed by atoms with Crippen LogP contribution in [0.3, 0.4) is 0 Å². The number of nitrogens with zero attached hydrogens (tertiary/aromatic N) is 3. The minimum Gasteiger partial charge on any atom is -0.465 e. The van der Waals surface area contributed by atoms with Crippen LogP contribution in [0.25, 0.3) is 27.9 Å². The Morgan fingerprint density at radius 1 is 1.30 bits per heavy atom. The first-order chi connectivity index (χ1) is 13.2. The van der Waals surface area contributed by atoms with Crippen LogP contribution in [0.15, 0.2) is 42.4 Å². The number of hydrogen-bond donors (Lipinski definition) is 2. The molecule has 3 heterocycles. The molecule has 27 heavy (non-hydrogen) atoms. The van der Waals surface area contributed by atoms with E-state index in [2.05, 4.69) is 22.2 Å². The molecular weight excluding hydrogens is 360 g/mol. The first kappa shape index (κ1) is 17.5. The maximum Gasteiger partial charge on any atom is 0.407 e. The van der Waals surface area contributed by atoms with Crippen LogP contribution < -0.4 is 0 Å². The standard InChI is InChI=1S/C20H20N4O2S/c1-2-13-3-5-15(6-4-13)18-16(11-21-23-18)19-22-17(12-27-19)14-7-9-24(10-8-14)20(25)26/h2-6,11-12,14H,1,7-10H2,(H,21,23)(H,25,26). The zero-order valence-electron chi connectivity index (χ0n) is 14.8. The SMILES string of the molecule is C=Cc1ccc(-c2[nH]ncc2-c2nc(C3CCN(C(=O)O)CC3)cs2)cc1. The fourth-order valence-corrected chi connectivity index (χ4v) is 4.34. The van der Waals surface area contributed by atoms with Crippen LogP contribution in [-0.2, 0) is 0 Å². The third-order valence-corrected chi connectivity index (χ3v) is 5.90. The van der Waals surface area contributed by atoms with Gasteiger partial charge in [-0.2, -0.15) is 5.10 Å². The number of benzene rings is 1. The molecule has 2 N–H and O–H groups in total. The molecule has 4 rings (SSSR count). The summed E-state index contributed by atoms with van der Waals surface area (Å²) in [5, 5.41) is 19.4. The number of likely N-dealkylation sites (tertiary alicyclic amines) is 1. The Hall–Kier alpha value is -2.93. The van der Waals surface area contributed by atoms with Gasteiger partial charge in [0.05, 0.1) is 23.1 Å². The van der Waals surface area contributed by atoms with Crippen molar-refractivity contribution in [2.45, 2.75) is 18.8 Å². The number of H-pyrrole nitrogens is 1. The normalized spacial score (nSPS) is 15.0. The van der Waals surface area contributed by atoms with Gasteiger partial charge in [0.1, 0.15) is 5.01 Å². The van der Waals surface area contributed by atoms with E-state index in [9.17, 15) is 4.79 Å². The summed E-state index contributed by atoms with van der Waals surface area (Å²) in [5.41, 5.74) is 5.12. The van der Waals surface area contributed by atoms with E-state index in [-0.39, 0.29) is 0 Å². The lowest BCUT2D eigenvalue weighted by molar-refractivity contribution is 0.132. The highest BCUT2D eigenvalue weighted by Crippen LogP contribution is 2.36. The zero-order chi connectivity index (χ0) is 18.8. The van der Waals surface area contributed by atoms with Gasteiger partial charge in [-0.05, 0) is 18.4 Å². The molecule has 7 heteroatoms. The van der Waals surface area contributed by atoms with Crippen molar-refractivity contribution in [2.75, 3.05) is 13.1 Å². The Kier molecular flexibility index (Phi) is 4.77. The summed E-state index contributed by atoms with van der Waals surface area (Å²) in [5.74, 6) is 0.313. The summed E-state index contributed by atoms with van der Waals surface area (Å²) in [4.78, 5) is 17.4. The summed E-state index contributed by atoms with van der Waals surface area (Å²) < 4.78 is 0. The van der Waals surface area contributed by atoms with Crippen molar-refractivity contribution in [1.82, 2.24) is 20.1 Å². The van der Waals surface area contributed by atoms with Crippen LogP contribution in [0.2, 0.25) is 0 Å². The number of carboxylic acid groups (broad SMARTS) is 1. The van der Waals surface area contributed by atoms with E-state index in [1.807, 2.05) is 36.5 Å². The lowest BCUT2D eigenvalue weighted by Gasteiger charge is -2.28. The van der Waals surface area contributed by atoms with Crippen molar-refractivity contribution in [3.05, 3.63) is 53.7 Å². The highest BCUT2D eigenvalue weighted by molar-refractivity contribution is 7.13. The van der Waals surface area contributed by atoms with Gasteiger partial charge in [-0.3, -0.25) is 5.10 Å². The maximum atomic E-state index is 11.1. The smallest absolute Gasteiger partial charge is 0.407 e. The third kappa shape index (κ3) is 3.50. The van der Waals surface area contributed by atoms with E-state index >= 15 is 0 Å². The number of rotatable bonds is 4. The molecular formula is C20H20N4O2S. The minimum absolute atomic E-state index is 0.313. The average molecular weight is 380 g/mol. The molecule has 0 unspecified atom stereocenters. The second-order valence-electron chi connectivity index (χ2n) is 6.61. The fourth-order valence-electron chi connectivity index (χ4n) is 3.42. The fraction of sp³-hybridized carbons (Fsp3) is 0.250. The monoisotopic (exact) mass is 380 g/mol. The molecule has 2 aromatic heterocycles. The Morgan fingerprint density at radius 2 is 2.04 bits per heavy atom. The Bertz CT molecular complexity index is 953. The number of aromatic amines is 1. The molecule has 1 fully saturated rings. The molecule has 3 aromatic rings. The van der Waals surface area contributed by atoms with E-state index in [1.165, 1.54) is 4.90 Å². The first-order valence-electron chi connectivity index (χ1n) is 8.85. The average Bonchev–Trinajstić information content (AvgIpc) is 3.37. The molecule has 1 aliphatic rings. The zero-order valence-corrected chi connectivity index (χ0v) is 15.6. The lowest BCUT2D eigenvalue weighted by Crippen LogP contribution is -2.36. The molecule has 1 aromatic carbocycles. The molecule has 0 saturated carbocycles. The minimum atomic E-state index is -0.835. The van der Waals surface area contributed by atoms with Crippen LogP contribution in [0, 0.1) is 0 Å². The van der Waals surface area contributed by atoms with E-state index in [0.29, 0.717) is 19.0 Å². The van der Waals surface area contributed by atoms with Crippen molar-refractivity contribution in [2.24, 2.45) is 0 Å². The molecule has 0 bridgehead atoms. The van der Waals surface area contributed by atoms with Gasteiger partial charge < -0.3 is 10.0 Å². The molecule has 0 radical (unpaired) electrons. The van der Waals surface area contributed by atoms with Crippen molar-refractivity contribution >= 4 is 23.5 Å². The van der Waals surface area contributed by atoms with Crippen molar-refractivity contribution < 1.29 is 9.90 Å². The van der Waals surface area contributed by atoms with E-state index in [0.717, 1.165) is 45.9 Å². The number of hydrogen-bond acceptors (Lipinski definition) is 4. The highest BCUT2D eigenvalue weighted by Gasteiger charge is 2.25. The summed E-state index contributed by atoms with van der Waals surface area (Å²) >= 11 is 1.61. The lowest BCUT2D eigenvalue weighted by atomic mass is 9.94.